The molecule has 0 radical (unpaired) electrons. The lowest BCUT2D eigenvalue weighted by Crippen LogP contribution is -2.11. The predicted octanol–water partition coefficient (Wildman–Crippen LogP) is 2.35. The Morgan fingerprint density at radius 1 is 1.25 bits per heavy atom. The number of aromatic nitrogens is 2. The molecule has 2 N–H and O–H groups in total. The molecule has 0 atom stereocenters. The maximum Gasteiger partial charge on any atom is 0.416 e. The van der Waals surface area contributed by atoms with Crippen molar-refractivity contribution in [3.8, 4) is 5.75 Å². The predicted molar refractivity (Wildman–Crippen MR) is 61.4 cm³/mol. The summed E-state index contributed by atoms with van der Waals surface area (Å²) in [6.45, 7) is -0.0552. The van der Waals surface area contributed by atoms with Gasteiger partial charge in [-0.3, -0.25) is 4.68 Å². The number of alkyl halides is 3. The Morgan fingerprint density at radius 2 is 1.85 bits per heavy atom. The van der Waals surface area contributed by atoms with Crippen LogP contribution >= 0.6 is 0 Å². The maximum absolute atomic E-state index is 12.4. The molecule has 0 spiro atoms. The minimum atomic E-state index is -4.42. The van der Waals surface area contributed by atoms with E-state index < -0.39 is 29.2 Å². The fraction of sp³-hybridized carbons (Fsp3) is 0.167. The number of halogens is 3. The van der Waals surface area contributed by atoms with Gasteiger partial charge in [0.2, 0.25) is 0 Å². The molecule has 1 aromatic heterocycles. The molecule has 0 bridgehead atoms. The summed E-state index contributed by atoms with van der Waals surface area (Å²) in [5.41, 5.74) is -0.767. The SMILES string of the molecule is O=C(O)c1c(O)cnn1Cc1ccc(C(F)(F)F)cc1. The van der Waals surface area contributed by atoms with Gasteiger partial charge in [-0.05, 0) is 17.7 Å². The van der Waals surface area contributed by atoms with E-state index in [4.69, 9.17) is 5.11 Å². The molecular weight excluding hydrogens is 277 g/mol. The molecule has 1 heterocycles. The first-order valence-corrected chi connectivity index (χ1v) is 5.43. The summed E-state index contributed by atoms with van der Waals surface area (Å²) in [6.07, 6.45) is -3.46. The zero-order valence-corrected chi connectivity index (χ0v) is 9.92. The lowest BCUT2D eigenvalue weighted by atomic mass is 10.1. The van der Waals surface area contributed by atoms with Gasteiger partial charge in [-0.25, -0.2) is 4.79 Å². The van der Waals surface area contributed by atoms with E-state index in [-0.39, 0.29) is 6.54 Å². The Morgan fingerprint density at radius 3 is 2.35 bits per heavy atom. The second-order valence-corrected chi connectivity index (χ2v) is 4.04. The Bertz CT molecular complexity index is 632. The smallest absolute Gasteiger partial charge is 0.416 e. The van der Waals surface area contributed by atoms with Crippen molar-refractivity contribution in [3.63, 3.8) is 0 Å². The van der Waals surface area contributed by atoms with E-state index in [0.29, 0.717) is 5.56 Å². The summed E-state index contributed by atoms with van der Waals surface area (Å²) in [6, 6.07) is 4.26. The molecule has 106 valence electrons. The van der Waals surface area contributed by atoms with Crippen LogP contribution in [0.4, 0.5) is 13.2 Å². The van der Waals surface area contributed by atoms with Crippen LogP contribution in [-0.4, -0.2) is 26.0 Å². The van der Waals surface area contributed by atoms with E-state index in [0.717, 1.165) is 23.0 Å². The summed E-state index contributed by atoms with van der Waals surface area (Å²) in [5.74, 6) is -1.86. The molecule has 5 nitrogen and oxygen atoms in total. The van der Waals surface area contributed by atoms with E-state index in [1.807, 2.05) is 0 Å². The Labute approximate surface area is 110 Å². The number of aromatic hydroxyl groups is 1. The molecule has 2 aromatic rings. The van der Waals surface area contributed by atoms with Gasteiger partial charge in [-0.2, -0.15) is 18.3 Å². The van der Waals surface area contributed by atoms with E-state index in [1.165, 1.54) is 12.1 Å². The Hall–Kier alpha value is -2.51. The van der Waals surface area contributed by atoms with Crippen molar-refractivity contribution in [1.29, 1.82) is 0 Å². The third-order valence-electron chi connectivity index (χ3n) is 2.64. The van der Waals surface area contributed by atoms with E-state index in [1.54, 1.807) is 0 Å². The number of nitrogens with zero attached hydrogens (tertiary/aromatic N) is 2. The largest absolute Gasteiger partial charge is 0.504 e. The van der Waals surface area contributed by atoms with Crippen molar-refractivity contribution >= 4 is 5.97 Å². The summed E-state index contributed by atoms with van der Waals surface area (Å²) >= 11 is 0. The lowest BCUT2D eigenvalue weighted by Gasteiger charge is -2.08. The molecule has 0 saturated carbocycles. The van der Waals surface area contributed by atoms with Crippen LogP contribution in [0.15, 0.2) is 30.5 Å². The Balaban J connectivity index is 2.25. The lowest BCUT2D eigenvalue weighted by molar-refractivity contribution is -0.137. The molecule has 0 aliphatic heterocycles. The quantitative estimate of drug-likeness (QED) is 0.908. The highest BCUT2D eigenvalue weighted by atomic mass is 19.4. The maximum atomic E-state index is 12.4. The van der Waals surface area contributed by atoms with Crippen LogP contribution in [0.3, 0.4) is 0 Å². The molecule has 2 rings (SSSR count). The molecule has 8 heteroatoms. The molecule has 0 saturated heterocycles. The molecule has 0 unspecified atom stereocenters. The van der Waals surface area contributed by atoms with Crippen LogP contribution in [0.25, 0.3) is 0 Å². The molecule has 20 heavy (non-hydrogen) atoms. The van der Waals surface area contributed by atoms with Crippen LogP contribution in [0, 0.1) is 0 Å². The van der Waals surface area contributed by atoms with Crippen LogP contribution in [-0.2, 0) is 12.7 Å². The first-order chi connectivity index (χ1) is 9.29. The number of hydrogen-bond donors (Lipinski definition) is 2. The number of carbonyl (C=O) groups is 1. The number of benzene rings is 1. The van der Waals surface area contributed by atoms with Crippen molar-refractivity contribution in [2.45, 2.75) is 12.7 Å². The van der Waals surface area contributed by atoms with Crippen molar-refractivity contribution in [1.82, 2.24) is 9.78 Å². The van der Waals surface area contributed by atoms with Crippen molar-refractivity contribution in [2.24, 2.45) is 0 Å². The molecule has 0 amide bonds. The molecule has 1 aromatic carbocycles. The summed E-state index contributed by atoms with van der Waals surface area (Å²) in [7, 11) is 0. The van der Waals surface area contributed by atoms with Crippen molar-refractivity contribution in [2.75, 3.05) is 0 Å². The fourth-order valence-electron chi connectivity index (χ4n) is 1.69. The summed E-state index contributed by atoms with van der Waals surface area (Å²) in [5, 5.41) is 21.9. The van der Waals surface area contributed by atoms with Gasteiger partial charge in [0.05, 0.1) is 18.3 Å². The van der Waals surface area contributed by atoms with Crippen LogP contribution in [0.1, 0.15) is 21.6 Å². The van der Waals surface area contributed by atoms with Gasteiger partial charge in [0.1, 0.15) is 0 Å². The normalized spacial score (nSPS) is 11.6. The third-order valence-corrected chi connectivity index (χ3v) is 2.64. The minimum absolute atomic E-state index is 0.0552. The topological polar surface area (TPSA) is 75.3 Å². The third kappa shape index (κ3) is 2.73. The average Bonchev–Trinajstić information content (AvgIpc) is 2.70. The van der Waals surface area contributed by atoms with Crippen molar-refractivity contribution in [3.05, 3.63) is 47.3 Å². The number of carboxylic acids is 1. The van der Waals surface area contributed by atoms with Crippen molar-refractivity contribution < 1.29 is 28.2 Å². The molecule has 0 aliphatic rings. The van der Waals surface area contributed by atoms with Gasteiger partial charge in [0.15, 0.2) is 11.4 Å². The van der Waals surface area contributed by atoms with Crippen LogP contribution in [0.5, 0.6) is 5.75 Å². The summed E-state index contributed by atoms with van der Waals surface area (Å²) < 4.78 is 38.2. The fourth-order valence-corrected chi connectivity index (χ4v) is 1.69. The van der Waals surface area contributed by atoms with Gasteiger partial charge in [0, 0.05) is 0 Å². The van der Waals surface area contributed by atoms with Gasteiger partial charge in [0.25, 0.3) is 0 Å². The van der Waals surface area contributed by atoms with Gasteiger partial charge in [-0.15, -0.1) is 0 Å². The minimum Gasteiger partial charge on any atom is -0.504 e. The molecule has 0 aliphatic carbocycles. The van der Waals surface area contributed by atoms with Gasteiger partial charge >= 0.3 is 12.1 Å². The first-order valence-electron chi connectivity index (χ1n) is 5.43. The van der Waals surface area contributed by atoms with Crippen LogP contribution in [0.2, 0.25) is 0 Å². The van der Waals surface area contributed by atoms with Gasteiger partial charge < -0.3 is 10.2 Å². The number of hydrogen-bond acceptors (Lipinski definition) is 3. The molecular formula is C12H9F3N2O3. The van der Waals surface area contributed by atoms with Crippen LogP contribution < -0.4 is 0 Å². The number of rotatable bonds is 3. The zero-order chi connectivity index (χ0) is 14.9. The average molecular weight is 286 g/mol. The highest BCUT2D eigenvalue weighted by Gasteiger charge is 2.30. The standard InChI is InChI=1S/C12H9F3N2O3/c13-12(14,15)8-3-1-7(2-4-8)6-17-10(11(19)20)9(18)5-16-17/h1-5,18H,6H2,(H,19,20). The highest BCUT2D eigenvalue weighted by Crippen LogP contribution is 2.29. The van der Waals surface area contributed by atoms with E-state index in [2.05, 4.69) is 5.10 Å². The highest BCUT2D eigenvalue weighted by molar-refractivity contribution is 5.88. The Kier molecular flexibility index (Phi) is 3.39. The van der Waals surface area contributed by atoms with Gasteiger partial charge in [-0.1, -0.05) is 12.1 Å². The molecule has 0 fully saturated rings. The number of carboxylic acid groups (broad SMARTS) is 1. The summed E-state index contributed by atoms with van der Waals surface area (Å²) in [4.78, 5) is 10.9. The first kappa shape index (κ1) is 13.9. The second kappa shape index (κ2) is 4.87. The van der Waals surface area contributed by atoms with E-state index in [9.17, 15) is 23.1 Å². The zero-order valence-electron chi connectivity index (χ0n) is 9.92. The van der Waals surface area contributed by atoms with E-state index >= 15 is 0 Å². The second-order valence-electron chi connectivity index (χ2n) is 4.04. The monoisotopic (exact) mass is 286 g/mol. The number of aromatic carboxylic acids is 1.